The summed E-state index contributed by atoms with van der Waals surface area (Å²) in [5.74, 6) is -1.43. The highest BCUT2D eigenvalue weighted by atomic mass is 16.5. The summed E-state index contributed by atoms with van der Waals surface area (Å²) in [6, 6.07) is -1.00. The van der Waals surface area contributed by atoms with Gasteiger partial charge in [-0.05, 0) is 19.3 Å². The molecule has 0 aromatic carbocycles. The Kier molecular flexibility index (Phi) is 5.93. The van der Waals surface area contributed by atoms with Crippen LogP contribution in [0, 0.1) is 0 Å². The summed E-state index contributed by atoms with van der Waals surface area (Å²) in [4.78, 5) is 22.2. The van der Waals surface area contributed by atoms with E-state index in [1.54, 1.807) is 0 Å². The van der Waals surface area contributed by atoms with E-state index in [9.17, 15) is 9.59 Å². The van der Waals surface area contributed by atoms with Crippen LogP contribution in [0.15, 0.2) is 0 Å². The van der Waals surface area contributed by atoms with E-state index in [0.29, 0.717) is 6.42 Å². The largest absolute Gasteiger partial charge is 0.480 e. The summed E-state index contributed by atoms with van der Waals surface area (Å²) in [6.45, 7) is 0.484. The van der Waals surface area contributed by atoms with E-state index in [4.69, 9.17) is 14.9 Å². The third-order valence-corrected chi connectivity index (χ3v) is 2.77. The SMILES string of the molecule is O=C(CCC1CCCO1)NC(CCO)C(=O)O. The van der Waals surface area contributed by atoms with Crippen molar-refractivity contribution in [1.82, 2.24) is 5.32 Å². The van der Waals surface area contributed by atoms with Crippen LogP contribution >= 0.6 is 0 Å². The summed E-state index contributed by atoms with van der Waals surface area (Å²) < 4.78 is 5.37. The lowest BCUT2D eigenvalue weighted by molar-refractivity contribution is -0.142. The van der Waals surface area contributed by atoms with Crippen molar-refractivity contribution in [2.45, 2.75) is 44.2 Å². The molecule has 1 fully saturated rings. The molecule has 0 radical (unpaired) electrons. The summed E-state index contributed by atoms with van der Waals surface area (Å²) >= 11 is 0. The third-order valence-electron chi connectivity index (χ3n) is 2.77. The zero-order chi connectivity index (χ0) is 12.7. The summed E-state index contributed by atoms with van der Waals surface area (Å²) in [5.41, 5.74) is 0. The Balaban J connectivity index is 2.23. The molecular weight excluding hydrogens is 226 g/mol. The molecule has 1 heterocycles. The van der Waals surface area contributed by atoms with Crippen LogP contribution < -0.4 is 5.32 Å². The maximum absolute atomic E-state index is 11.5. The highest BCUT2D eigenvalue weighted by Crippen LogP contribution is 2.16. The molecule has 1 aliphatic rings. The average Bonchev–Trinajstić information content (AvgIpc) is 2.78. The number of rotatable bonds is 7. The minimum absolute atomic E-state index is 0.0288. The summed E-state index contributed by atoms with van der Waals surface area (Å²) in [6.07, 6.45) is 3.03. The zero-order valence-electron chi connectivity index (χ0n) is 9.72. The molecular formula is C11H19NO5. The maximum Gasteiger partial charge on any atom is 0.326 e. The molecule has 1 saturated heterocycles. The lowest BCUT2D eigenvalue weighted by Crippen LogP contribution is -2.41. The van der Waals surface area contributed by atoms with Crippen molar-refractivity contribution in [2.75, 3.05) is 13.2 Å². The second kappa shape index (κ2) is 7.24. The average molecular weight is 245 g/mol. The number of ether oxygens (including phenoxy) is 1. The predicted octanol–water partition coefficient (Wildman–Crippen LogP) is -0.103. The molecule has 17 heavy (non-hydrogen) atoms. The standard InChI is InChI=1S/C11H19NO5/c13-6-5-9(11(15)16)12-10(14)4-3-8-2-1-7-17-8/h8-9,13H,1-7H2,(H,12,14)(H,15,16). The van der Waals surface area contributed by atoms with Crippen LogP contribution in [0.3, 0.4) is 0 Å². The zero-order valence-corrected chi connectivity index (χ0v) is 9.72. The van der Waals surface area contributed by atoms with Crippen molar-refractivity contribution in [1.29, 1.82) is 0 Å². The monoisotopic (exact) mass is 245 g/mol. The van der Waals surface area contributed by atoms with Gasteiger partial charge in [-0.2, -0.15) is 0 Å². The number of carbonyl (C=O) groups is 2. The molecule has 0 spiro atoms. The molecule has 6 nitrogen and oxygen atoms in total. The lowest BCUT2D eigenvalue weighted by Gasteiger charge is -2.14. The first kappa shape index (κ1) is 13.9. The van der Waals surface area contributed by atoms with Gasteiger partial charge >= 0.3 is 5.97 Å². The van der Waals surface area contributed by atoms with E-state index in [1.807, 2.05) is 0 Å². The minimum atomic E-state index is -1.12. The van der Waals surface area contributed by atoms with Crippen molar-refractivity contribution in [2.24, 2.45) is 0 Å². The van der Waals surface area contributed by atoms with E-state index in [2.05, 4.69) is 5.32 Å². The molecule has 1 aliphatic heterocycles. The molecule has 2 unspecified atom stereocenters. The Hall–Kier alpha value is -1.14. The van der Waals surface area contributed by atoms with Crippen molar-refractivity contribution in [3.8, 4) is 0 Å². The molecule has 0 aromatic heterocycles. The third kappa shape index (κ3) is 5.14. The van der Waals surface area contributed by atoms with Gasteiger partial charge in [0, 0.05) is 26.1 Å². The molecule has 0 aromatic rings. The first-order valence-electron chi connectivity index (χ1n) is 5.88. The van der Waals surface area contributed by atoms with E-state index in [-0.39, 0.29) is 31.5 Å². The second-order valence-corrected chi connectivity index (χ2v) is 4.14. The summed E-state index contributed by atoms with van der Waals surface area (Å²) in [7, 11) is 0. The number of carbonyl (C=O) groups excluding carboxylic acids is 1. The van der Waals surface area contributed by atoms with Gasteiger partial charge in [0.25, 0.3) is 0 Å². The maximum atomic E-state index is 11.5. The highest BCUT2D eigenvalue weighted by Gasteiger charge is 2.21. The van der Waals surface area contributed by atoms with Gasteiger partial charge in [0.15, 0.2) is 0 Å². The normalized spacial score (nSPS) is 21.1. The topological polar surface area (TPSA) is 95.9 Å². The van der Waals surface area contributed by atoms with E-state index >= 15 is 0 Å². The van der Waals surface area contributed by atoms with Crippen LogP contribution in [0.1, 0.15) is 32.1 Å². The lowest BCUT2D eigenvalue weighted by atomic mass is 10.1. The molecule has 98 valence electrons. The fourth-order valence-corrected chi connectivity index (χ4v) is 1.82. The molecule has 2 atom stereocenters. The quantitative estimate of drug-likeness (QED) is 0.582. The van der Waals surface area contributed by atoms with E-state index < -0.39 is 12.0 Å². The van der Waals surface area contributed by atoms with Crippen LogP contribution in [0.5, 0.6) is 0 Å². The Bertz CT molecular complexity index is 263. The van der Waals surface area contributed by atoms with Crippen LogP contribution in [0.25, 0.3) is 0 Å². The highest BCUT2D eigenvalue weighted by molar-refractivity contribution is 5.83. The second-order valence-electron chi connectivity index (χ2n) is 4.14. The van der Waals surface area contributed by atoms with Crippen molar-refractivity contribution < 1.29 is 24.5 Å². The Morgan fingerprint density at radius 1 is 1.47 bits per heavy atom. The number of aliphatic carboxylic acids is 1. The van der Waals surface area contributed by atoms with Crippen LogP contribution in [-0.2, 0) is 14.3 Å². The smallest absolute Gasteiger partial charge is 0.326 e. The first-order chi connectivity index (χ1) is 8.13. The number of hydrogen-bond acceptors (Lipinski definition) is 4. The number of carboxylic acid groups (broad SMARTS) is 1. The number of aliphatic hydroxyl groups excluding tert-OH is 1. The van der Waals surface area contributed by atoms with Crippen LogP contribution in [0.4, 0.5) is 0 Å². The van der Waals surface area contributed by atoms with Gasteiger partial charge in [-0.15, -0.1) is 0 Å². The Morgan fingerprint density at radius 2 is 2.24 bits per heavy atom. The molecule has 0 saturated carbocycles. The Morgan fingerprint density at radius 3 is 2.76 bits per heavy atom. The van der Waals surface area contributed by atoms with Gasteiger partial charge in [-0.3, -0.25) is 4.79 Å². The number of nitrogens with one attached hydrogen (secondary N) is 1. The number of carboxylic acids is 1. The molecule has 0 aliphatic carbocycles. The minimum Gasteiger partial charge on any atom is -0.480 e. The molecule has 0 bridgehead atoms. The van der Waals surface area contributed by atoms with Gasteiger partial charge in [0.1, 0.15) is 6.04 Å². The van der Waals surface area contributed by atoms with Crippen molar-refractivity contribution in [3.63, 3.8) is 0 Å². The van der Waals surface area contributed by atoms with E-state index in [0.717, 1.165) is 19.4 Å². The number of amides is 1. The van der Waals surface area contributed by atoms with Crippen molar-refractivity contribution >= 4 is 11.9 Å². The fraction of sp³-hybridized carbons (Fsp3) is 0.818. The number of aliphatic hydroxyl groups is 1. The van der Waals surface area contributed by atoms with E-state index in [1.165, 1.54) is 0 Å². The first-order valence-corrected chi connectivity index (χ1v) is 5.88. The molecule has 1 rings (SSSR count). The Labute approximate surface area is 100.0 Å². The molecule has 6 heteroatoms. The van der Waals surface area contributed by atoms with Gasteiger partial charge in [0.05, 0.1) is 6.10 Å². The fourth-order valence-electron chi connectivity index (χ4n) is 1.82. The van der Waals surface area contributed by atoms with Gasteiger partial charge in [-0.25, -0.2) is 4.79 Å². The van der Waals surface area contributed by atoms with Gasteiger partial charge < -0.3 is 20.3 Å². The van der Waals surface area contributed by atoms with Crippen molar-refractivity contribution in [3.05, 3.63) is 0 Å². The predicted molar refractivity (Wildman–Crippen MR) is 59.5 cm³/mol. The summed E-state index contributed by atoms with van der Waals surface area (Å²) in [5, 5.41) is 19.8. The number of hydrogen-bond donors (Lipinski definition) is 3. The van der Waals surface area contributed by atoms with Crippen LogP contribution in [-0.4, -0.2) is 47.4 Å². The van der Waals surface area contributed by atoms with Crippen LogP contribution in [0.2, 0.25) is 0 Å². The van der Waals surface area contributed by atoms with Gasteiger partial charge in [-0.1, -0.05) is 0 Å². The molecule has 1 amide bonds. The van der Waals surface area contributed by atoms with Gasteiger partial charge in [0.2, 0.25) is 5.91 Å². The molecule has 3 N–H and O–H groups in total.